The summed E-state index contributed by atoms with van der Waals surface area (Å²) in [5.41, 5.74) is 5.08. The molecule has 7 heteroatoms. The molecule has 110 valence electrons. The van der Waals surface area contributed by atoms with Crippen LogP contribution >= 0.6 is 0 Å². The average molecular weight is 273 g/mol. The van der Waals surface area contributed by atoms with Crippen LogP contribution in [0.5, 0.6) is 0 Å². The van der Waals surface area contributed by atoms with E-state index in [0.29, 0.717) is 19.4 Å². The molecule has 3 amide bonds. The summed E-state index contributed by atoms with van der Waals surface area (Å²) in [7, 11) is 0. The Morgan fingerprint density at radius 3 is 2.26 bits per heavy atom. The van der Waals surface area contributed by atoms with Gasteiger partial charge in [0.2, 0.25) is 5.91 Å². The second kappa shape index (κ2) is 8.34. The highest BCUT2D eigenvalue weighted by atomic mass is 16.4. The quantitative estimate of drug-likeness (QED) is 0.593. The van der Waals surface area contributed by atoms with E-state index in [1.54, 1.807) is 0 Å². The highest BCUT2D eigenvalue weighted by Crippen LogP contribution is 2.02. The minimum Gasteiger partial charge on any atom is -0.480 e. The number of hydrogen-bond acceptors (Lipinski definition) is 3. The van der Waals surface area contributed by atoms with Crippen molar-refractivity contribution in [3.05, 3.63) is 0 Å². The van der Waals surface area contributed by atoms with Crippen LogP contribution in [0.2, 0.25) is 0 Å². The maximum absolute atomic E-state index is 11.9. The Morgan fingerprint density at radius 1 is 1.32 bits per heavy atom. The maximum atomic E-state index is 11.9. The smallest absolute Gasteiger partial charge is 0.326 e. The van der Waals surface area contributed by atoms with Crippen LogP contribution in [0.1, 0.15) is 33.6 Å². The number of primary amides is 1. The fraction of sp³-hybridized carbons (Fsp3) is 0.750. The molecule has 4 N–H and O–H groups in total. The summed E-state index contributed by atoms with van der Waals surface area (Å²) in [5, 5.41) is 11.4. The number of nitrogens with one attached hydrogen (secondary N) is 1. The standard InChI is InChI=1S/C12H23N3O4/c1-4-5-9(11(17)18)14-12(19)15(6-8(2)3)7-10(13)16/h8-9H,4-7H2,1-3H3,(H2,13,16)(H,14,19)(H,17,18). The van der Waals surface area contributed by atoms with Gasteiger partial charge in [0, 0.05) is 6.54 Å². The second-order valence-electron chi connectivity index (χ2n) is 4.87. The molecule has 0 aromatic heterocycles. The zero-order chi connectivity index (χ0) is 15.0. The zero-order valence-corrected chi connectivity index (χ0v) is 11.7. The number of carboxylic acid groups (broad SMARTS) is 1. The van der Waals surface area contributed by atoms with Crippen LogP contribution in [0.3, 0.4) is 0 Å². The van der Waals surface area contributed by atoms with Crippen molar-refractivity contribution in [2.45, 2.75) is 39.7 Å². The van der Waals surface area contributed by atoms with Crippen LogP contribution < -0.4 is 11.1 Å². The van der Waals surface area contributed by atoms with E-state index in [4.69, 9.17) is 10.8 Å². The van der Waals surface area contributed by atoms with E-state index in [1.165, 1.54) is 4.90 Å². The molecule has 0 heterocycles. The number of amides is 3. The van der Waals surface area contributed by atoms with Crippen LogP contribution in [-0.4, -0.2) is 47.0 Å². The van der Waals surface area contributed by atoms with Crippen molar-refractivity contribution in [2.24, 2.45) is 11.7 Å². The largest absolute Gasteiger partial charge is 0.480 e. The molecule has 19 heavy (non-hydrogen) atoms. The highest BCUT2D eigenvalue weighted by molar-refractivity contribution is 5.86. The van der Waals surface area contributed by atoms with Crippen LogP contribution in [0.4, 0.5) is 4.79 Å². The number of carboxylic acids is 1. The highest BCUT2D eigenvalue weighted by Gasteiger charge is 2.23. The molecule has 0 aliphatic rings. The van der Waals surface area contributed by atoms with Gasteiger partial charge in [-0.3, -0.25) is 4.79 Å². The van der Waals surface area contributed by atoms with E-state index in [0.717, 1.165) is 0 Å². The molecule has 0 rings (SSSR count). The molecule has 0 spiro atoms. The van der Waals surface area contributed by atoms with Gasteiger partial charge in [-0.1, -0.05) is 27.2 Å². The summed E-state index contributed by atoms with van der Waals surface area (Å²) < 4.78 is 0. The number of nitrogens with two attached hydrogens (primary N) is 1. The average Bonchev–Trinajstić information content (AvgIpc) is 2.25. The summed E-state index contributed by atoms with van der Waals surface area (Å²) >= 11 is 0. The molecular weight excluding hydrogens is 250 g/mol. The SMILES string of the molecule is CCCC(NC(=O)N(CC(N)=O)CC(C)C)C(=O)O. The van der Waals surface area contributed by atoms with E-state index in [9.17, 15) is 14.4 Å². The Balaban J connectivity index is 4.68. The van der Waals surface area contributed by atoms with Crippen molar-refractivity contribution in [1.29, 1.82) is 0 Å². The molecule has 7 nitrogen and oxygen atoms in total. The third-order valence-electron chi connectivity index (χ3n) is 2.39. The topological polar surface area (TPSA) is 113 Å². The van der Waals surface area contributed by atoms with Crippen molar-refractivity contribution in [3.63, 3.8) is 0 Å². The van der Waals surface area contributed by atoms with Crippen molar-refractivity contribution in [3.8, 4) is 0 Å². The third-order valence-corrected chi connectivity index (χ3v) is 2.39. The van der Waals surface area contributed by atoms with E-state index >= 15 is 0 Å². The molecule has 0 saturated carbocycles. The number of aliphatic carboxylic acids is 1. The summed E-state index contributed by atoms with van der Waals surface area (Å²) in [5.74, 6) is -1.56. The van der Waals surface area contributed by atoms with Crippen molar-refractivity contribution >= 4 is 17.9 Å². The molecular formula is C12H23N3O4. The van der Waals surface area contributed by atoms with Crippen LogP contribution in [0.15, 0.2) is 0 Å². The van der Waals surface area contributed by atoms with Gasteiger partial charge in [-0.2, -0.15) is 0 Å². The number of nitrogens with zero attached hydrogens (tertiary/aromatic N) is 1. The van der Waals surface area contributed by atoms with Gasteiger partial charge >= 0.3 is 12.0 Å². The Bertz CT molecular complexity index is 331. The monoisotopic (exact) mass is 273 g/mol. The van der Waals surface area contributed by atoms with Gasteiger partial charge < -0.3 is 21.1 Å². The van der Waals surface area contributed by atoms with E-state index < -0.39 is 23.9 Å². The van der Waals surface area contributed by atoms with Gasteiger partial charge in [0.15, 0.2) is 0 Å². The Labute approximate surface area is 113 Å². The zero-order valence-electron chi connectivity index (χ0n) is 11.7. The first kappa shape index (κ1) is 17.2. The molecule has 0 aromatic carbocycles. The molecule has 1 unspecified atom stereocenters. The van der Waals surface area contributed by atoms with Gasteiger partial charge in [-0.15, -0.1) is 0 Å². The lowest BCUT2D eigenvalue weighted by atomic mass is 10.1. The lowest BCUT2D eigenvalue weighted by Gasteiger charge is -2.25. The van der Waals surface area contributed by atoms with Crippen LogP contribution in [-0.2, 0) is 9.59 Å². The molecule has 0 saturated heterocycles. The third kappa shape index (κ3) is 7.28. The fourth-order valence-electron chi connectivity index (χ4n) is 1.63. The number of urea groups is 1. The van der Waals surface area contributed by atoms with Gasteiger partial charge in [-0.25, -0.2) is 9.59 Å². The summed E-state index contributed by atoms with van der Waals surface area (Å²) in [6.45, 7) is 5.73. The number of carbonyl (C=O) groups excluding carboxylic acids is 2. The Hall–Kier alpha value is -1.79. The van der Waals surface area contributed by atoms with Gasteiger partial charge in [0.25, 0.3) is 0 Å². The number of hydrogen-bond donors (Lipinski definition) is 3. The van der Waals surface area contributed by atoms with Crippen molar-refractivity contribution < 1.29 is 19.5 Å². The molecule has 0 fully saturated rings. The van der Waals surface area contributed by atoms with Crippen LogP contribution in [0.25, 0.3) is 0 Å². The second-order valence-corrected chi connectivity index (χ2v) is 4.87. The van der Waals surface area contributed by atoms with Crippen molar-refractivity contribution in [1.82, 2.24) is 10.2 Å². The predicted molar refractivity (Wildman–Crippen MR) is 70.5 cm³/mol. The van der Waals surface area contributed by atoms with E-state index in [1.807, 2.05) is 20.8 Å². The fourth-order valence-corrected chi connectivity index (χ4v) is 1.63. The Kier molecular flexibility index (Phi) is 7.55. The summed E-state index contributed by atoms with van der Waals surface area (Å²) in [6.07, 6.45) is 0.977. The molecule has 0 radical (unpaired) electrons. The molecule has 1 atom stereocenters. The van der Waals surface area contributed by atoms with Crippen molar-refractivity contribution in [2.75, 3.05) is 13.1 Å². The first-order chi connectivity index (χ1) is 8.77. The lowest BCUT2D eigenvalue weighted by molar-refractivity contribution is -0.139. The normalized spacial score (nSPS) is 12.0. The maximum Gasteiger partial charge on any atom is 0.326 e. The Morgan fingerprint density at radius 2 is 1.89 bits per heavy atom. The molecule has 0 aliphatic carbocycles. The predicted octanol–water partition coefficient (Wildman–Crippen LogP) is 0.393. The molecule has 0 aromatic rings. The van der Waals surface area contributed by atoms with Gasteiger partial charge in [0.1, 0.15) is 12.6 Å². The van der Waals surface area contributed by atoms with Crippen LogP contribution in [0, 0.1) is 5.92 Å². The van der Waals surface area contributed by atoms with Gasteiger partial charge in [0.05, 0.1) is 0 Å². The van der Waals surface area contributed by atoms with E-state index in [-0.39, 0.29) is 12.5 Å². The summed E-state index contributed by atoms with van der Waals surface area (Å²) in [4.78, 5) is 35.1. The minimum absolute atomic E-state index is 0.152. The minimum atomic E-state index is -1.08. The lowest BCUT2D eigenvalue weighted by Crippen LogP contribution is -2.51. The number of rotatable bonds is 8. The number of carbonyl (C=O) groups is 3. The van der Waals surface area contributed by atoms with Gasteiger partial charge in [-0.05, 0) is 12.3 Å². The first-order valence-corrected chi connectivity index (χ1v) is 6.34. The summed E-state index contributed by atoms with van der Waals surface area (Å²) in [6, 6.07) is -1.52. The first-order valence-electron chi connectivity index (χ1n) is 6.34. The molecule has 0 bridgehead atoms. The molecule has 0 aliphatic heterocycles. The van der Waals surface area contributed by atoms with E-state index in [2.05, 4.69) is 5.32 Å².